The van der Waals surface area contributed by atoms with Crippen LogP contribution < -0.4 is 0 Å². The summed E-state index contributed by atoms with van der Waals surface area (Å²) in [4.78, 5) is 24.2. The number of hydrogen-bond acceptors (Lipinski definition) is 3. The molecule has 4 saturated carbocycles. The van der Waals surface area contributed by atoms with Gasteiger partial charge in [0, 0.05) is 24.2 Å². The third-order valence-electron chi connectivity index (χ3n) is 9.28. The molecule has 0 amide bonds. The molecule has 0 unspecified atom stereocenters. The second-order valence-corrected chi connectivity index (χ2v) is 10.4. The van der Waals surface area contributed by atoms with Crippen LogP contribution in [0.1, 0.15) is 85.5 Å². The number of hydrogen-bond donors (Lipinski definition) is 0. The Kier molecular flexibility index (Phi) is 4.51. The van der Waals surface area contributed by atoms with Crippen LogP contribution in [0.4, 0.5) is 0 Å². The Bertz CT molecular complexity index is 598. The maximum absolute atomic E-state index is 12.3. The summed E-state index contributed by atoms with van der Waals surface area (Å²) >= 11 is 0. The van der Waals surface area contributed by atoms with E-state index in [9.17, 15) is 9.59 Å². The molecule has 4 fully saturated rings. The number of carbonyl (C=O) groups excluding carboxylic acids is 2. The molecule has 8 atom stereocenters. The molecule has 0 saturated heterocycles. The van der Waals surface area contributed by atoms with Gasteiger partial charge in [0.05, 0.1) is 0 Å². The Morgan fingerprint density at radius 2 is 1.81 bits per heavy atom. The van der Waals surface area contributed by atoms with Gasteiger partial charge < -0.3 is 4.74 Å². The summed E-state index contributed by atoms with van der Waals surface area (Å²) in [6, 6.07) is 0. The average molecular weight is 361 g/mol. The topological polar surface area (TPSA) is 43.4 Å². The van der Waals surface area contributed by atoms with Crippen molar-refractivity contribution >= 4 is 11.8 Å². The zero-order valence-electron chi connectivity index (χ0n) is 17.1. The van der Waals surface area contributed by atoms with Crippen molar-refractivity contribution in [3.8, 4) is 0 Å². The molecule has 3 nitrogen and oxygen atoms in total. The van der Waals surface area contributed by atoms with Gasteiger partial charge in [-0.05, 0) is 74.0 Å². The molecule has 0 aromatic heterocycles. The van der Waals surface area contributed by atoms with Crippen molar-refractivity contribution in [3.05, 3.63) is 0 Å². The maximum atomic E-state index is 12.3. The van der Waals surface area contributed by atoms with E-state index in [1.54, 1.807) is 0 Å². The summed E-state index contributed by atoms with van der Waals surface area (Å²) in [5, 5.41) is 0. The number of esters is 1. The minimum Gasteiger partial charge on any atom is -0.462 e. The molecule has 26 heavy (non-hydrogen) atoms. The predicted octanol–water partition coefficient (Wildman–Crippen LogP) is 5.17. The van der Waals surface area contributed by atoms with E-state index in [1.165, 1.54) is 32.1 Å². The van der Waals surface area contributed by atoms with E-state index in [0.717, 1.165) is 31.1 Å². The van der Waals surface area contributed by atoms with Gasteiger partial charge in [0.1, 0.15) is 11.9 Å². The smallest absolute Gasteiger partial charge is 0.305 e. The van der Waals surface area contributed by atoms with Gasteiger partial charge in [0.25, 0.3) is 0 Å². The van der Waals surface area contributed by atoms with Gasteiger partial charge in [-0.15, -0.1) is 0 Å². The fourth-order valence-electron chi connectivity index (χ4n) is 7.79. The van der Waals surface area contributed by atoms with Gasteiger partial charge in [0.2, 0.25) is 0 Å². The zero-order chi connectivity index (χ0) is 18.7. The first-order chi connectivity index (χ1) is 12.3. The Morgan fingerprint density at radius 3 is 2.54 bits per heavy atom. The lowest BCUT2D eigenvalue weighted by atomic mass is 9.44. The molecule has 4 aliphatic rings. The van der Waals surface area contributed by atoms with Crippen molar-refractivity contribution < 1.29 is 14.3 Å². The van der Waals surface area contributed by atoms with Gasteiger partial charge in [-0.25, -0.2) is 0 Å². The number of carbonyl (C=O) groups is 2. The lowest BCUT2D eigenvalue weighted by Gasteiger charge is -2.60. The molecule has 0 N–H and O–H groups in total. The first-order valence-corrected chi connectivity index (χ1v) is 11.0. The van der Waals surface area contributed by atoms with Gasteiger partial charge in [-0.1, -0.05) is 27.7 Å². The van der Waals surface area contributed by atoms with E-state index in [0.29, 0.717) is 29.5 Å². The molecule has 4 aliphatic carbocycles. The monoisotopic (exact) mass is 360 g/mol. The Hall–Kier alpha value is -0.860. The quantitative estimate of drug-likeness (QED) is 0.638. The van der Waals surface area contributed by atoms with Gasteiger partial charge in [-0.3, -0.25) is 9.59 Å². The summed E-state index contributed by atoms with van der Waals surface area (Å²) in [5.74, 6) is 3.53. The molecular formula is C23H36O3. The van der Waals surface area contributed by atoms with Crippen molar-refractivity contribution in [1.29, 1.82) is 0 Å². The van der Waals surface area contributed by atoms with Crippen molar-refractivity contribution in [2.24, 2.45) is 40.4 Å². The van der Waals surface area contributed by atoms with Gasteiger partial charge in [-0.2, -0.15) is 0 Å². The molecular weight excluding hydrogens is 324 g/mol. The number of ether oxygens (including phenoxy) is 1. The molecule has 0 bridgehead atoms. The summed E-state index contributed by atoms with van der Waals surface area (Å²) in [5.41, 5.74) is 0.515. The van der Waals surface area contributed by atoms with Gasteiger partial charge >= 0.3 is 5.97 Å². The molecule has 0 aliphatic heterocycles. The minimum absolute atomic E-state index is 0.0331. The average Bonchev–Trinajstić information content (AvgIpc) is 2.93. The van der Waals surface area contributed by atoms with Crippen LogP contribution in [0.25, 0.3) is 0 Å². The molecule has 3 heteroatoms. The fourth-order valence-corrected chi connectivity index (χ4v) is 7.79. The molecule has 0 spiro atoms. The van der Waals surface area contributed by atoms with Crippen molar-refractivity contribution in [1.82, 2.24) is 0 Å². The van der Waals surface area contributed by atoms with Crippen molar-refractivity contribution in [3.63, 3.8) is 0 Å². The van der Waals surface area contributed by atoms with Crippen LogP contribution in [0.2, 0.25) is 0 Å². The molecule has 0 radical (unpaired) electrons. The summed E-state index contributed by atoms with van der Waals surface area (Å²) in [6.07, 6.45) is 9.72. The van der Waals surface area contributed by atoms with Crippen LogP contribution in [-0.4, -0.2) is 17.9 Å². The molecule has 0 heterocycles. The molecule has 4 rings (SSSR count). The van der Waals surface area contributed by atoms with Crippen molar-refractivity contribution in [2.75, 3.05) is 0 Å². The van der Waals surface area contributed by atoms with Crippen molar-refractivity contribution in [2.45, 2.75) is 91.6 Å². The first kappa shape index (κ1) is 18.5. The van der Waals surface area contributed by atoms with Crippen LogP contribution in [-0.2, 0) is 14.3 Å². The highest BCUT2D eigenvalue weighted by Crippen LogP contribution is 2.66. The second-order valence-electron chi connectivity index (χ2n) is 10.4. The maximum Gasteiger partial charge on any atom is 0.305 e. The lowest BCUT2D eigenvalue weighted by Crippen LogP contribution is -2.55. The minimum atomic E-state index is -0.0331. The van der Waals surface area contributed by atoms with Crippen LogP contribution in [0.5, 0.6) is 0 Å². The molecule has 146 valence electrons. The van der Waals surface area contributed by atoms with E-state index in [1.807, 2.05) is 6.92 Å². The van der Waals surface area contributed by atoms with Crippen LogP contribution in [0.3, 0.4) is 0 Å². The standard InChI is InChI=1S/C23H36O3/c1-5-21(25)26-20-9-8-17-16-7-6-15-12-19(24)14(2)13-23(15,4)18(16)10-11-22(17,20)3/h14-18,20H,5-13H2,1-4H3/t14-,15+,16-,17-,18-,20-,22-,23-/m0/s1. The number of ketones is 1. The number of fused-ring (bicyclic) bond motifs is 5. The molecule has 0 aromatic rings. The highest BCUT2D eigenvalue weighted by Gasteiger charge is 2.61. The fraction of sp³-hybridized carbons (Fsp3) is 0.913. The molecule has 0 aromatic carbocycles. The zero-order valence-corrected chi connectivity index (χ0v) is 17.1. The number of rotatable bonds is 2. The summed E-state index contributed by atoms with van der Waals surface area (Å²) in [7, 11) is 0. The van der Waals surface area contributed by atoms with Gasteiger partial charge in [0.15, 0.2) is 0 Å². The first-order valence-electron chi connectivity index (χ1n) is 11.0. The third kappa shape index (κ3) is 2.59. The Balaban J connectivity index is 1.57. The van der Waals surface area contributed by atoms with E-state index in [4.69, 9.17) is 4.74 Å². The Labute approximate surface area is 158 Å². The van der Waals surface area contributed by atoms with E-state index >= 15 is 0 Å². The van der Waals surface area contributed by atoms with E-state index in [2.05, 4.69) is 20.8 Å². The highest BCUT2D eigenvalue weighted by molar-refractivity contribution is 5.82. The Morgan fingerprint density at radius 1 is 1.08 bits per heavy atom. The number of Topliss-reactive ketones (excluding diaryl/α,β-unsaturated/α-hetero) is 1. The summed E-state index contributed by atoms with van der Waals surface area (Å²) < 4.78 is 5.89. The van der Waals surface area contributed by atoms with Crippen LogP contribution in [0, 0.1) is 40.4 Å². The largest absolute Gasteiger partial charge is 0.462 e. The SMILES string of the molecule is CCC(=O)O[C@H]1CC[C@H]2[C@@H]3CC[C@@H]4CC(=O)[C@@H](C)C[C@]4(C)[C@H]3CC[C@]12C. The highest BCUT2D eigenvalue weighted by atomic mass is 16.5. The van der Waals surface area contributed by atoms with Crippen LogP contribution in [0.15, 0.2) is 0 Å². The van der Waals surface area contributed by atoms with Crippen LogP contribution >= 0.6 is 0 Å². The van der Waals surface area contributed by atoms with E-state index in [-0.39, 0.29) is 23.4 Å². The second kappa shape index (κ2) is 6.34. The lowest BCUT2D eigenvalue weighted by molar-refractivity contribution is -0.165. The van der Waals surface area contributed by atoms with E-state index < -0.39 is 0 Å². The normalized spacial score (nSPS) is 50.5. The predicted molar refractivity (Wildman–Crippen MR) is 101 cm³/mol. The summed E-state index contributed by atoms with van der Waals surface area (Å²) in [6.45, 7) is 8.94. The third-order valence-corrected chi connectivity index (χ3v) is 9.28.